The second-order valence-electron chi connectivity index (χ2n) is 4.30. The van der Waals surface area contributed by atoms with E-state index in [1.165, 1.54) is 0 Å². The maximum atomic E-state index is 11.2. The third kappa shape index (κ3) is 4.28. The first kappa shape index (κ1) is 14.5. The van der Waals surface area contributed by atoms with E-state index in [9.17, 15) is 4.79 Å². The van der Waals surface area contributed by atoms with Crippen LogP contribution in [0.4, 0.5) is 0 Å². The summed E-state index contributed by atoms with van der Waals surface area (Å²) in [5, 5.41) is 0. The Morgan fingerprint density at radius 3 is 1.86 bits per heavy atom. The highest BCUT2D eigenvalue weighted by atomic mass is 16.1. The molecule has 3 rings (SSSR count). The molecule has 1 amide bonds. The monoisotopic (exact) mass is 276 g/mol. The van der Waals surface area contributed by atoms with Gasteiger partial charge < -0.3 is 5.73 Å². The van der Waals surface area contributed by atoms with Crippen LogP contribution in [0.2, 0.25) is 0 Å². The van der Waals surface area contributed by atoms with Gasteiger partial charge in [0.05, 0.1) is 0 Å². The van der Waals surface area contributed by atoms with E-state index in [2.05, 4.69) is 4.98 Å². The van der Waals surface area contributed by atoms with Crippen LogP contribution < -0.4 is 5.73 Å². The van der Waals surface area contributed by atoms with Crippen LogP contribution in [0.1, 0.15) is 10.4 Å². The van der Waals surface area contributed by atoms with Gasteiger partial charge in [0.2, 0.25) is 5.91 Å². The molecule has 0 bridgehead atoms. The van der Waals surface area contributed by atoms with Gasteiger partial charge in [0.25, 0.3) is 0 Å². The maximum Gasteiger partial charge on any atom is 0.249 e. The van der Waals surface area contributed by atoms with E-state index in [4.69, 9.17) is 5.73 Å². The fraction of sp³-hybridized carbons (Fsp3) is 0. The number of aromatic nitrogens is 1. The molecule has 3 heteroatoms. The zero-order valence-electron chi connectivity index (χ0n) is 11.5. The van der Waals surface area contributed by atoms with Gasteiger partial charge in [-0.25, -0.2) is 0 Å². The first-order valence-corrected chi connectivity index (χ1v) is 6.58. The van der Waals surface area contributed by atoms with Crippen LogP contribution in [-0.2, 0) is 0 Å². The quantitative estimate of drug-likeness (QED) is 0.778. The number of benzene rings is 2. The van der Waals surface area contributed by atoms with E-state index in [1.54, 1.807) is 18.5 Å². The summed E-state index contributed by atoms with van der Waals surface area (Å²) in [4.78, 5) is 15.0. The number of rotatable bonds is 2. The van der Waals surface area contributed by atoms with Crippen molar-refractivity contribution in [2.45, 2.75) is 0 Å². The molecule has 1 aromatic heterocycles. The minimum Gasteiger partial charge on any atom is -0.366 e. The number of hydrogen-bond acceptors (Lipinski definition) is 2. The summed E-state index contributed by atoms with van der Waals surface area (Å²) in [6.07, 6.45) is 3.50. The van der Waals surface area contributed by atoms with Crippen LogP contribution in [-0.4, -0.2) is 10.9 Å². The van der Waals surface area contributed by atoms with E-state index in [1.807, 2.05) is 66.7 Å². The standard InChI is InChI=1S/C13H11NO.C5H5N/c14-13(15)12-9-5-4-8-11(12)10-6-2-1-3-7-10;1-2-4-6-5-3-1/h1-9H,(H2,14,15);1-5H. The van der Waals surface area contributed by atoms with Crippen LogP contribution in [0.25, 0.3) is 11.1 Å². The van der Waals surface area contributed by atoms with Crippen LogP contribution in [0, 0.1) is 0 Å². The van der Waals surface area contributed by atoms with Gasteiger partial charge in [0, 0.05) is 18.0 Å². The highest BCUT2D eigenvalue weighted by molar-refractivity contribution is 5.99. The molecule has 0 spiro atoms. The number of primary amides is 1. The van der Waals surface area contributed by atoms with Crippen molar-refractivity contribution in [1.82, 2.24) is 4.98 Å². The lowest BCUT2D eigenvalue weighted by Crippen LogP contribution is -2.12. The molecule has 0 aliphatic heterocycles. The topological polar surface area (TPSA) is 56.0 Å². The van der Waals surface area contributed by atoms with Gasteiger partial charge in [-0.05, 0) is 29.3 Å². The molecule has 0 unspecified atom stereocenters. The van der Waals surface area contributed by atoms with Crippen molar-refractivity contribution in [2.24, 2.45) is 5.73 Å². The second-order valence-corrected chi connectivity index (χ2v) is 4.30. The number of carbonyl (C=O) groups excluding carboxylic acids is 1. The molecular weight excluding hydrogens is 260 g/mol. The fourth-order valence-electron chi connectivity index (χ4n) is 1.88. The van der Waals surface area contributed by atoms with Crippen molar-refractivity contribution in [1.29, 1.82) is 0 Å². The largest absolute Gasteiger partial charge is 0.366 e. The molecule has 21 heavy (non-hydrogen) atoms. The molecule has 2 aromatic carbocycles. The normalized spacial score (nSPS) is 9.33. The Kier molecular flexibility index (Phi) is 5.24. The van der Waals surface area contributed by atoms with Crippen molar-refractivity contribution in [3.8, 4) is 11.1 Å². The van der Waals surface area contributed by atoms with Crippen molar-refractivity contribution >= 4 is 5.91 Å². The zero-order valence-corrected chi connectivity index (χ0v) is 11.5. The van der Waals surface area contributed by atoms with Gasteiger partial charge in [-0.3, -0.25) is 9.78 Å². The summed E-state index contributed by atoms with van der Waals surface area (Å²) in [5.74, 6) is -0.394. The molecule has 3 aromatic rings. The average Bonchev–Trinajstić information content (AvgIpc) is 2.58. The number of hydrogen-bond donors (Lipinski definition) is 1. The maximum absolute atomic E-state index is 11.2. The van der Waals surface area contributed by atoms with E-state index < -0.39 is 5.91 Å². The lowest BCUT2D eigenvalue weighted by Gasteiger charge is -2.05. The lowest BCUT2D eigenvalue weighted by molar-refractivity contribution is 0.100. The van der Waals surface area contributed by atoms with Crippen molar-refractivity contribution < 1.29 is 4.79 Å². The predicted octanol–water partition coefficient (Wildman–Crippen LogP) is 3.53. The van der Waals surface area contributed by atoms with Gasteiger partial charge in [-0.2, -0.15) is 0 Å². The van der Waals surface area contributed by atoms with Crippen molar-refractivity contribution in [2.75, 3.05) is 0 Å². The van der Waals surface area contributed by atoms with Crippen LogP contribution in [0.3, 0.4) is 0 Å². The Morgan fingerprint density at radius 2 is 1.33 bits per heavy atom. The number of amides is 1. The van der Waals surface area contributed by atoms with Gasteiger partial charge in [0.15, 0.2) is 0 Å². The number of carbonyl (C=O) groups is 1. The molecule has 0 saturated carbocycles. The first-order chi connectivity index (χ1) is 10.3. The fourth-order valence-corrected chi connectivity index (χ4v) is 1.88. The Labute approximate surface area is 124 Å². The van der Waals surface area contributed by atoms with E-state index in [0.717, 1.165) is 11.1 Å². The molecule has 0 aliphatic carbocycles. The molecule has 3 nitrogen and oxygen atoms in total. The third-order valence-electron chi connectivity index (χ3n) is 2.84. The number of nitrogens with two attached hydrogens (primary N) is 1. The summed E-state index contributed by atoms with van der Waals surface area (Å²) in [7, 11) is 0. The van der Waals surface area contributed by atoms with Crippen molar-refractivity contribution in [3.05, 3.63) is 90.8 Å². The highest BCUT2D eigenvalue weighted by Gasteiger charge is 2.07. The Morgan fingerprint density at radius 1 is 0.762 bits per heavy atom. The SMILES string of the molecule is NC(=O)c1ccccc1-c1ccccc1.c1ccncc1. The number of pyridine rings is 1. The Balaban J connectivity index is 0.000000225. The van der Waals surface area contributed by atoms with Crippen LogP contribution >= 0.6 is 0 Å². The molecule has 1 heterocycles. The molecule has 0 fully saturated rings. The molecule has 0 aliphatic rings. The van der Waals surface area contributed by atoms with Gasteiger partial charge in [-0.15, -0.1) is 0 Å². The molecular formula is C18H16N2O. The molecule has 0 radical (unpaired) electrons. The predicted molar refractivity (Wildman–Crippen MR) is 84.6 cm³/mol. The summed E-state index contributed by atoms with van der Waals surface area (Å²) in [6.45, 7) is 0. The summed E-state index contributed by atoms with van der Waals surface area (Å²) in [6, 6.07) is 22.8. The minimum absolute atomic E-state index is 0.394. The Bertz CT molecular complexity index is 655. The average molecular weight is 276 g/mol. The van der Waals surface area contributed by atoms with Gasteiger partial charge >= 0.3 is 0 Å². The van der Waals surface area contributed by atoms with Gasteiger partial charge in [-0.1, -0.05) is 54.6 Å². The van der Waals surface area contributed by atoms with Gasteiger partial charge in [0.1, 0.15) is 0 Å². The van der Waals surface area contributed by atoms with Crippen LogP contribution in [0.15, 0.2) is 85.2 Å². The summed E-state index contributed by atoms with van der Waals surface area (Å²) >= 11 is 0. The summed E-state index contributed by atoms with van der Waals surface area (Å²) in [5.41, 5.74) is 7.76. The zero-order chi connectivity index (χ0) is 14.9. The number of nitrogens with zero attached hydrogens (tertiary/aromatic N) is 1. The third-order valence-corrected chi connectivity index (χ3v) is 2.84. The van der Waals surface area contributed by atoms with E-state index >= 15 is 0 Å². The van der Waals surface area contributed by atoms with Crippen molar-refractivity contribution in [3.63, 3.8) is 0 Å². The lowest BCUT2D eigenvalue weighted by atomic mass is 9.99. The molecule has 0 saturated heterocycles. The molecule has 0 atom stereocenters. The van der Waals surface area contributed by atoms with E-state index in [0.29, 0.717) is 5.56 Å². The first-order valence-electron chi connectivity index (χ1n) is 6.58. The Hall–Kier alpha value is -2.94. The minimum atomic E-state index is -0.394. The second kappa shape index (κ2) is 7.60. The van der Waals surface area contributed by atoms with Crippen LogP contribution in [0.5, 0.6) is 0 Å². The summed E-state index contributed by atoms with van der Waals surface area (Å²) < 4.78 is 0. The van der Waals surface area contributed by atoms with E-state index in [-0.39, 0.29) is 0 Å². The highest BCUT2D eigenvalue weighted by Crippen LogP contribution is 2.22. The smallest absolute Gasteiger partial charge is 0.249 e. The molecule has 104 valence electrons. The molecule has 2 N–H and O–H groups in total.